The summed E-state index contributed by atoms with van der Waals surface area (Å²) >= 11 is 0. The lowest BCUT2D eigenvalue weighted by atomic mass is 9.99. The molecule has 0 radical (unpaired) electrons. The summed E-state index contributed by atoms with van der Waals surface area (Å²) in [4.78, 5) is 14.7. The fraction of sp³-hybridized carbons (Fsp3) is 0.632. The maximum absolute atomic E-state index is 12.3. The number of hydrogen-bond donors (Lipinski definition) is 2. The normalized spacial score (nSPS) is 26.2. The second-order valence-corrected chi connectivity index (χ2v) is 7.06. The molecule has 0 spiro atoms. The summed E-state index contributed by atoms with van der Waals surface area (Å²) in [7, 11) is 0. The fourth-order valence-electron chi connectivity index (χ4n) is 3.82. The zero-order valence-corrected chi connectivity index (χ0v) is 14.5. The van der Waals surface area contributed by atoms with Gasteiger partial charge in [0.2, 0.25) is 5.91 Å². The van der Waals surface area contributed by atoms with Crippen molar-refractivity contribution in [1.29, 1.82) is 0 Å². The molecule has 0 aromatic heterocycles. The van der Waals surface area contributed by atoms with Gasteiger partial charge in [0, 0.05) is 37.3 Å². The molecule has 3 atom stereocenters. The van der Waals surface area contributed by atoms with E-state index in [9.17, 15) is 4.79 Å². The number of ether oxygens (including phenoxy) is 1. The predicted octanol–water partition coefficient (Wildman–Crippen LogP) is 2.54. The van der Waals surface area contributed by atoms with Crippen molar-refractivity contribution < 1.29 is 9.53 Å². The summed E-state index contributed by atoms with van der Waals surface area (Å²) in [5, 5.41) is 3.05. The Morgan fingerprint density at radius 2 is 2.17 bits per heavy atom. The molecule has 1 unspecified atom stereocenters. The minimum absolute atomic E-state index is 0.0773. The molecule has 5 heteroatoms. The first kappa shape index (κ1) is 17.4. The summed E-state index contributed by atoms with van der Waals surface area (Å²) in [6, 6.07) is 8.71. The molecule has 24 heavy (non-hydrogen) atoms. The van der Waals surface area contributed by atoms with Crippen molar-refractivity contribution in [3.05, 3.63) is 29.8 Å². The third-order valence-electron chi connectivity index (χ3n) is 5.41. The Labute approximate surface area is 144 Å². The number of nitrogens with zero attached hydrogens (tertiary/aromatic N) is 1. The molecule has 1 aliphatic carbocycles. The van der Waals surface area contributed by atoms with Crippen LogP contribution in [-0.2, 0) is 9.53 Å². The van der Waals surface area contributed by atoms with Crippen molar-refractivity contribution in [3.8, 4) is 0 Å². The van der Waals surface area contributed by atoms with Crippen molar-refractivity contribution in [2.75, 3.05) is 31.6 Å². The summed E-state index contributed by atoms with van der Waals surface area (Å²) in [6.07, 6.45) is 3.79. The largest absolute Gasteiger partial charge is 0.379 e. The predicted molar refractivity (Wildman–Crippen MR) is 95.8 cm³/mol. The quantitative estimate of drug-likeness (QED) is 0.870. The van der Waals surface area contributed by atoms with Gasteiger partial charge in [-0.1, -0.05) is 18.6 Å². The van der Waals surface area contributed by atoms with Crippen LogP contribution in [0, 0.1) is 5.92 Å². The summed E-state index contributed by atoms with van der Waals surface area (Å²) in [5.74, 6) is 0.411. The van der Waals surface area contributed by atoms with E-state index < -0.39 is 0 Å². The summed E-state index contributed by atoms with van der Waals surface area (Å²) < 4.78 is 5.43. The molecule has 1 heterocycles. The Morgan fingerprint density at radius 1 is 1.38 bits per heavy atom. The molecule has 132 valence electrons. The molecule has 1 amide bonds. The number of anilines is 1. The lowest BCUT2D eigenvalue weighted by Crippen LogP contribution is -2.38. The topological polar surface area (TPSA) is 67.6 Å². The molecule has 1 aromatic carbocycles. The van der Waals surface area contributed by atoms with Gasteiger partial charge < -0.3 is 15.8 Å². The highest BCUT2D eigenvalue weighted by Gasteiger charge is 2.26. The van der Waals surface area contributed by atoms with E-state index in [-0.39, 0.29) is 11.9 Å². The molecule has 1 saturated heterocycles. The fourth-order valence-corrected chi connectivity index (χ4v) is 3.82. The van der Waals surface area contributed by atoms with Gasteiger partial charge in [0.15, 0.2) is 0 Å². The number of carbonyl (C=O) groups excluding carboxylic acids is 1. The van der Waals surface area contributed by atoms with E-state index in [4.69, 9.17) is 10.5 Å². The van der Waals surface area contributed by atoms with Gasteiger partial charge in [0.05, 0.1) is 13.2 Å². The first-order valence-electron chi connectivity index (χ1n) is 9.10. The SMILES string of the molecule is CC(c1cccc(NC(=O)C[C@@H]2CCC[C@H]2N)c1)N1CCOCC1. The molecule has 1 aliphatic heterocycles. The molecule has 2 aliphatic rings. The number of carbonyl (C=O) groups is 1. The minimum atomic E-state index is 0.0773. The highest BCUT2D eigenvalue weighted by atomic mass is 16.5. The third kappa shape index (κ3) is 4.35. The van der Waals surface area contributed by atoms with Crippen LogP contribution in [0.5, 0.6) is 0 Å². The number of rotatable bonds is 5. The molecule has 3 rings (SSSR count). The number of amides is 1. The average molecular weight is 331 g/mol. The monoisotopic (exact) mass is 331 g/mol. The zero-order chi connectivity index (χ0) is 16.9. The van der Waals surface area contributed by atoms with E-state index >= 15 is 0 Å². The van der Waals surface area contributed by atoms with Crippen molar-refractivity contribution in [2.24, 2.45) is 11.7 Å². The molecular formula is C19H29N3O2. The minimum Gasteiger partial charge on any atom is -0.379 e. The van der Waals surface area contributed by atoms with Gasteiger partial charge in [-0.2, -0.15) is 0 Å². The van der Waals surface area contributed by atoms with Crippen LogP contribution in [0.3, 0.4) is 0 Å². The lowest BCUT2D eigenvalue weighted by Gasteiger charge is -2.32. The average Bonchev–Trinajstić information content (AvgIpc) is 3.00. The maximum atomic E-state index is 12.3. The van der Waals surface area contributed by atoms with Crippen LogP contribution < -0.4 is 11.1 Å². The van der Waals surface area contributed by atoms with Gasteiger partial charge in [0.25, 0.3) is 0 Å². The van der Waals surface area contributed by atoms with Crippen LogP contribution in [0.1, 0.15) is 44.2 Å². The van der Waals surface area contributed by atoms with Crippen LogP contribution in [0.4, 0.5) is 5.69 Å². The molecule has 5 nitrogen and oxygen atoms in total. The molecule has 3 N–H and O–H groups in total. The molecule has 0 bridgehead atoms. The summed E-state index contributed by atoms with van der Waals surface area (Å²) in [6.45, 7) is 5.71. The standard InChI is InChI=1S/C19H29N3O2/c1-14(22-8-10-24-11-9-22)15-4-2-6-17(12-15)21-19(23)13-16-5-3-7-18(16)20/h2,4,6,12,14,16,18H,3,5,7-11,13,20H2,1H3,(H,21,23)/t14?,16-,18+/m0/s1. The molecule has 1 saturated carbocycles. The van der Waals surface area contributed by atoms with Crippen molar-refractivity contribution in [2.45, 2.75) is 44.7 Å². The van der Waals surface area contributed by atoms with Crippen molar-refractivity contribution >= 4 is 11.6 Å². The van der Waals surface area contributed by atoms with E-state index in [1.807, 2.05) is 12.1 Å². The van der Waals surface area contributed by atoms with Crippen LogP contribution in [0.2, 0.25) is 0 Å². The van der Waals surface area contributed by atoms with Gasteiger partial charge in [0.1, 0.15) is 0 Å². The molecular weight excluding hydrogens is 302 g/mol. The number of benzene rings is 1. The molecule has 2 fully saturated rings. The smallest absolute Gasteiger partial charge is 0.224 e. The van der Waals surface area contributed by atoms with Crippen LogP contribution in [-0.4, -0.2) is 43.2 Å². The Bertz CT molecular complexity index is 557. The van der Waals surface area contributed by atoms with E-state index in [0.29, 0.717) is 18.4 Å². The third-order valence-corrected chi connectivity index (χ3v) is 5.41. The highest BCUT2D eigenvalue weighted by molar-refractivity contribution is 5.91. The second-order valence-electron chi connectivity index (χ2n) is 7.06. The summed E-state index contributed by atoms with van der Waals surface area (Å²) in [5.41, 5.74) is 8.18. The van der Waals surface area contributed by atoms with Gasteiger partial charge in [-0.05, 0) is 43.4 Å². The first-order valence-corrected chi connectivity index (χ1v) is 9.10. The van der Waals surface area contributed by atoms with E-state index in [1.54, 1.807) is 0 Å². The number of nitrogens with two attached hydrogens (primary N) is 1. The van der Waals surface area contributed by atoms with Crippen molar-refractivity contribution in [3.63, 3.8) is 0 Å². The van der Waals surface area contributed by atoms with Gasteiger partial charge in [-0.3, -0.25) is 9.69 Å². The van der Waals surface area contributed by atoms with Crippen LogP contribution in [0.15, 0.2) is 24.3 Å². The maximum Gasteiger partial charge on any atom is 0.224 e. The van der Waals surface area contributed by atoms with Crippen molar-refractivity contribution in [1.82, 2.24) is 4.90 Å². The van der Waals surface area contributed by atoms with Crippen LogP contribution >= 0.6 is 0 Å². The van der Waals surface area contributed by atoms with E-state index in [0.717, 1.165) is 51.3 Å². The highest BCUT2D eigenvalue weighted by Crippen LogP contribution is 2.28. The van der Waals surface area contributed by atoms with Gasteiger partial charge in [-0.25, -0.2) is 0 Å². The Kier molecular flexibility index (Phi) is 5.87. The van der Waals surface area contributed by atoms with Crippen LogP contribution in [0.25, 0.3) is 0 Å². The first-order chi connectivity index (χ1) is 11.6. The second kappa shape index (κ2) is 8.10. The van der Waals surface area contributed by atoms with E-state index in [2.05, 4.69) is 29.3 Å². The molecule has 1 aromatic rings. The number of nitrogens with one attached hydrogen (secondary N) is 1. The zero-order valence-electron chi connectivity index (χ0n) is 14.5. The van der Waals surface area contributed by atoms with E-state index in [1.165, 1.54) is 5.56 Å². The van der Waals surface area contributed by atoms with Gasteiger partial charge in [-0.15, -0.1) is 0 Å². The Balaban J connectivity index is 1.59. The number of morpholine rings is 1. The Morgan fingerprint density at radius 3 is 2.88 bits per heavy atom. The number of hydrogen-bond acceptors (Lipinski definition) is 4. The van der Waals surface area contributed by atoms with Gasteiger partial charge >= 0.3 is 0 Å². The Hall–Kier alpha value is -1.43. The lowest BCUT2D eigenvalue weighted by molar-refractivity contribution is -0.117.